The minimum atomic E-state index is -0.383. The van der Waals surface area contributed by atoms with Crippen LogP contribution in [0.25, 0.3) is 0 Å². The largest absolute Gasteiger partial charge is 0.493 e. The molecule has 1 heterocycles. The van der Waals surface area contributed by atoms with Crippen LogP contribution in [0.5, 0.6) is 11.5 Å². The Morgan fingerprint density at radius 2 is 1.86 bits per heavy atom. The van der Waals surface area contributed by atoms with Gasteiger partial charge in [-0.3, -0.25) is 9.59 Å². The first kappa shape index (κ1) is 22.1. The average Bonchev–Trinajstić information content (AvgIpc) is 2.67. The van der Waals surface area contributed by atoms with Gasteiger partial charge in [0.15, 0.2) is 11.5 Å². The molecule has 0 aromatic heterocycles. The number of aryl methyl sites for hydroxylation is 1. The van der Waals surface area contributed by atoms with Crippen LogP contribution in [0, 0.1) is 5.41 Å². The lowest BCUT2D eigenvalue weighted by molar-refractivity contribution is -0.132. The van der Waals surface area contributed by atoms with Crippen LogP contribution < -0.4 is 14.8 Å². The molecule has 1 saturated heterocycles. The minimum Gasteiger partial charge on any atom is -0.493 e. The van der Waals surface area contributed by atoms with Gasteiger partial charge in [-0.2, -0.15) is 0 Å². The molecule has 0 bridgehead atoms. The summed E-state index contributed by atoms with van der Waals surface area (Å²) in [6.45, 7) is 9.65. The fourth-order valence-corrected chi connectivity index (χ4v) is 3.23. The van der Waals surface area contributed by atoms with E-state index in [0.29, 0.717) is 38.3 Å². The van der Waals surface area contributed by atoms with Crippen molar-refractivity contribution in [3.63, 3.8) is 0 Å². The molecular weight excluding hydrogens is 356 g/mol. The second-order valence-corrected chi connectivity index (χ2v) is 8.30. The highest BCUT2D eigenvalue weighted by Gasteiger charge is 2.27. The van der Waals surface area contributed by atoms with Crippen molar-refractivity contribution in [1.29, 1.82) is 0 Å². The molecule has 0 spiro atoms. The fourth-order valence-electron chi connectivity index (χ4n) is 3.23. The molecule has 0 atom stereocenters. The number of piperidine rings is 1. The molecule has 0 radical (unpaired) electrons. The Morgan fingerprint density at radius 3 is 2.43 bits per heavy atom. The standard InChI is InChI=1S/C22H34N2O4/c1-6-28-18-9-7-16(15-19(18)27-5)8-10-20(25)24-13-11-17(12-14-24)23-21(26)22(2,3)4/h7,9,15,17H,6,8,10-14H2,1-5H3,(H,23,26). The van der Waals surface area contributed by atoms with Gasteiger partial charge in [-0.1, -0.05) is 26.8 Å². The molecule has 6 nitrogen and oxygen atoms in total. The second-order valence-electron chi connectivity index (χ2n) is 8.30. The third-order valence-corrected chi connectivity index (χ3v) is 5.02. The van der Waals surface area contributed by atoms with E-state index in [9.17, 15) is 9.59 Å². The second kappa shape index (κ2) is 9.80. The van der Waals surface area contributed by atoms with Crippen molar-refractivity contribution >= 4 is 11.8 Å². The highest BCUT2D eigenvalue weighted by Crippen LogP contribution is 2.28. The number of nitrogens with one attached hydrogen (secondary N) is 1. The summed E-state index contributed by atoms with van der Waals surface area (Å²) in [5.74, 6) is 1.65. The molecule has 0 saturated carbocycles. The molecule has 0 aliphatic carbocycles. The van der Waals surface area contributed by atoms with Crippen LogP contribution >= 0.6 is 0 Å². The predicted molar refractivity (Wildman–Crippen MR) is 110 cm³/mol. The molecule has 156 valence electrons. The Morgan fingerprint density at radius 1 is 1.18 bits per heavy atom. The van der Waals surface area contributed by atoms with E-state index in [0.717, 1.165) is 24.2 Å². The molecule has 1 aromatic carbocycles. The van der Waals surface area contributed by atoms with E-state index in [-0.39, 0.29) is 23.3 Å². The Hall–Kier alpha value is -2.24. The molecule has 2 amide bonds. The van der Waals surface area contributed by atoms with Crippen LogP contribution in [-0.4, -0.2) is 49.6 Å². The molecule has 0 unspecified atom stereocenters. The molecule has 2 rings (SSSR count). The lowest BCUT2D eigenvalue weighted by Crippen LogP contribution is -2.49. The van der Waals surface area contributed by atoms with Gasteiger partial charge in [0.25, 0.3) is 0 Å². The van der Waals surface area contributed by atoms with E-state index in [4.69, 9.17) is 9.47 Å². The summed E-state index contributed by atoms with van der Waals surface area (Å²) in [4.78, 5) is 26.6. The number of ether oxygens (including phenoxy) is 2. The topological polar surface area (TPSA) is 67.9 Å². The van der Waals surface area contributed by atoms with Gasteiger partial charge in [0.1, 0.15) is 0 Å². The highest BCUT2D eigenvalue weighted by atomic mass is 16.5. The van der Waals surface area contributed by atoms with Gasteiger partial charge in [-0.15, -0.1) is 0 Å². The zero-order chi connectivity index (χ0) is 20.7. The number of rotatable bonds is 7. The van der Waals surface area contributed by atoms with Crippen molar-refractivity contribution in [3.8, 4) is 11.5 Å². The Labute approximate surface area is 168 Å². The number of amides is 2. The van der Waals surface area contributed by atoms with E-state index >= 15 is 0 Å². The summed E-state index contributed by atoms with van der Waals surface area (Å²) in [6, 6.07) is 5.97. The van der Waals surface area contributed by atoms with E-state index in [1.54, 1.807) is 7.11 Å². The molecule has 1 fully saturated rings. The van der Waals surface area contributed by atoms with Crippen molar-refractivity contribution in [2.75, 3.05) is 26.8 Å². The van der Waals surface area contributed by atoms with Gasteiger partial charge in [0.2, 0.25) is 11.8 Å². The quantitative estimate of drug-likeness (QED) is 0.776. The van der Waals surface area contributed by atoms with Gasteiger partial charge >= 0.3 is 0 Å². The summed E-state index contributed by atoms with van der Waals surface area (Å²) < 4.78 is 10.9. The summed E-state index contributed by atoms with van der Waals surface area (Å²) in [5, 5.41) is 3.10. The third-order valence-electron chi connectivity index (χ3n) is 5.02. The number of hydrogen-bond acceptors (Lipinski definition) is 4. The first-order valence-electron chi connectivity index (χ1n) is 10.1. The Bertz CT molecular complexity index is 674. The predicted octanol–water partition coefficient (Wildman–Crippen LogP) is 3.18. The van der Waals surface area contributed by atoms with Crippen LogP contribution in [0.1, 0.15) is 52.5 Å². The number of methoxy groups -OCH3 is 1. The van der Waals surface area contributed by atoms with E-state index in [1.807, 2.05) is 50.8 Å². The summed E-state index contributed by atoms with van der Waals surface area (Å²) in [7, 11) is 1.62. The molecule has 1 aliphatic rings. The smallest absolute Gasteiger partial charge is 0.225 e. The van der Waals surface area contributed by atoms with Gasteiger partial charge in [0.05, 0.1) is 13.7 Å². The highest BCUT2D eigenvalue weighted by molar-refractivity contribution is 5.81. The van der Waals surface area contributed by atoms with Crippen molar-refractivity contribution in [2.45, 2.75) is 59.4 Å². The van der Waals surface area contributed by atoms with Crippen LogP contribution in [0.15, 0.2) is 18.2 Å². The minimum absolute atomic E-state index is 0.0710. The van der Waals surface area contributed by atoms with Crippen LogP contribution in [0.2, 0.25) is 0 Å². The SMILES string of the molecule is CCOc1ccc(CCC(=O)N2CCC(NC(=O)C(C)(C)C)CC2)cc1OC. The van der Waals surface area contributed by atoms with Crippen LogP contribution in [0.4, 0.5) is 0 Å². The van der Waals surface area contributed by atoms with E-state index < -0.39 is 0 Å². The van der Waals surface area contributed by atoms with Crippen molar-refractivity contribution in [2.24, 2.45) is 5.41 Å². The number of hydrogen-bond donors (Lipinski definition) is 1. The molecule has 6 heteroatoms. The fraction of sp³-hybridized carbons (Fsp3) is 0.636. The number of carbonyl (C=O) groups is 2. The number of carbonyl (C=O) groups excluding carboxylic acids is 2. The van der Waals surface area contributed by atoms with E-state index in [1.165, 1.54) is 0 Å². The first-order valence-corrected chi connectivity index (χ1v) is 10.1. The van der Waals surface area contributed by atoms with Crippen molar-refractivity contribution in [3.05, 3.63) is 23.8 Å². The lowest BCUT2D eigenvalue weighted by atomic mass is 9.94. The van der Waals surface area contributed by atoms with Crippen LogP contribution in [0.3, 0.4) is 0 Å². The van der Waals surface area contributed by atoms with Gasteiger partial charge in [-0.05, 0) is 43.9 Å². The number of nitrogens with zero attached hydrogens (tertiary/aromatic N) is 1. The monoisotopic (exact) mass is 390 g/mol. The maximum atomic E-state index is 12.6. The molecule has 1 aromatic rings. The van der Waals surface area contributed by atoms with E-state index in [2.05, 4.69) is 5.32 Å². The van der Waals surface area contributed by atoms with Gasteiger partial charge in [-0.25, -0.2) is 0 Å². The number of likely N-dealkylation sites (tertiary alicyclic amines) is 1. The molecular formula is C22H34N2O4. The zero-order valence-corrected chi connectivity index (χ0v) is 17.8. The summed E-state index contributed by atoms with van der Waals surface area (Å²) in [6.07, 6.45) is 2.76. The third kappa shape index (κ3) is 6.14. The zero-order valence-electron chi connectivity index (χ0n) is 17.8. The van der Waals surface area contributed by atoms with Crippen molar-refractivity contribution < 1.29 is 19.1 Å². The molecule has 1 aliphatic heterocycles. The molecule has 28 heavy (non-hydrogen) atoms. The van der Waals surface area contributed by atoms with Crippen molar-refractivity contribution in [1.82, 2.24) is 10.2 Å². The lowest BCUT2D eigenvalue weighted by Gasteiger charge is -2.33. The Kier molecular flexibility index (Phi) is 7.72. The van der Waals surface area contributed by atoms with Crippen LogP contribution in [-0.2, 0) is 16.0 Å². The van der Waals surface area contributed by atoms with Gasteiger partial charge in [0, 0.05) is 31.0 Å². The molecule has 1 N–H and O–H groups in total. The maximum Gasteiger partial charge on any atom is 0.225 e. The normalized spacial score (nSPS) is 15.2. The maximum absolute atomic E-state index is 12.6. The summed E-state index contributed by atoms with van der Waals surface area (Å²) in [5.41, 5.74) is 0.673. The summed E-state index contributed by atoms with van der Waals surface area (Å²) >= 11 is 0. The number of benzene rings is 1. The average molecular weight is 391 g/mol. The first-order chi connectivity index (χ1) is 13.2. The Balaban J connectivity index is 1.81. The van der Waals surface area contributed by atoms with Gasteiger partial charge < -0.3 is 19.7 Å².